The van der Waals surface area contributed by atoms with Gasteiger partial charge in [0.25, 0.3) is 0 Å². The molecule has 0 saturated carbocycles. The van der Waals surface area contributed by atoms with E-state index in [-0.39, 0.29) is 5.91 Å². The summed E-state index contributed by atoms with van der Waals surface area (Å²) in [4.78, 5) is 10.7. The summed E-state index contributed by atoms with van der Waals surface area (Å²) in [6.45, 7) is 6.64. The van der Waals surface area contributed by atoms with E-state index in [1.807, 2.05) is 0 Å². The molecule has 1 amide bonds. The molecule has 90 valence electrons. The van der Waals surface area contributed by atoms with Crippen LogP contribution in [0.1, 0.15) is 26.7 Å². The van der Waals surface area contributed by atoms with Gasteiger partial charge in [0.15, 0.2) is 0 Å². The molecule has 0 aromatic carbocycles. The van der Waals surface area contributed by atoms with E-state index in [0.717, 1.165) is 23.9 Å². The second-order valence-corrected chi connectivity index (χ2v) is 3.59. The number of halogens is 1. The van der Waals surface area contributed by atoms with Crippen LogP contribution in [0.4, 0.5) is 0 Å². The van der Waals surface area contributed by atoms with Gasteiger partial charge in [0.2, 0.25) is 5.91 Å². The third kappa shape index (κ3) is 9.97. The highest BCUT2D eigenvalue weighted by Gasteiger charge is 2.02. The van der Waals surface area contributed by atoms with Crippen LogP contribution in [0, 0.1) is 0 Å². The summed E-state index contributed by atoms with van der Waals surface area (Å²) in [7, 11) is 0. The van der Waals surface area contributed by atoms with Crippen molar-refractivity contribution in [1.82, 2.24) is 4.42 Å². The SMILES string of the molecule is CCCOCCOCCCN(Cl)C(C)=O. The Labute approximate surface area is 96.6 Å². The standard InChI is InChI=1S/C10H20ClNO3/c1-3-6-14-8-9-15-7-4-5-12(11)10(2)13/h3-9H2,1-2H3. The molecule has 0 aliphatic carbocycles. The van der Waals surface area contributed by atoms with Crippen molar-refractivity contribution in [3.8, 4) is 0 Å². The van der Waals surface area contributed by atoms with Crippen molar-refractivity contribution in [3.63, 3.8) is 0 Å². The molecule has 0 saturated heterocycles. The average molecular weight is 238 g/mol. The highest BCUT2D eigenvalue weighted by Crippen LogP contribution is 1.96. The fourth-order valence-electron chi connectivity index (χ4n) is 0.929. The summed E-state index contributed by atoms with van der Waals surface area (Å²) in [5.41, 5.74) is 0. The Kier molecular flexibility index (Phi) is 9.99. The molecular formula is C10H20ClNO3. The van der Waals surface area contributed by atoms with Gasteiger partial charge in [0, 0.05) is 38.5 Å². The minimum absolute atomic E-state index is 0.136. The highest BCUT2D eigenvalue weighted by molar-refractivity contribution is 6.20. The highest BCUT2D eigenvalue weighted by atomic mass is 35.5. The van der Waals surface area contributed by atoms with Crippen LogP contribution in [0.3, 0.4) is 0 Å². The predicted octanol–water partition coefficient (Wildman–Crippen LogP) is 1.82. The molecular weight excluding hydrogens is 218 g/mol. The molecule has 0 heterocycles. The van der Waals surface area contributed by atoms with Crippen molar-refractivity contribution in [2.45, 2.75) is 26.7 Å². The van der Waals surface area contributed by atoms with Crippen molar-refractivity contribution >= 4 is 17.7 Å². The van der Waals surface area contributed by atoms with Crippen LogP contribution in [-0.2, 0) is 14.3 Å². The van der Waals surface area contributed by atoms with Crippen molar-refractivity contribution in [2.24, 2.45) is 0 Å². The van der Waals surface area contributed by atoms with E-state index in [4.69, 9.17) is 21.3 Å². The van der Waals surface area contributed by atoms with E-state index >= 15 is 0 Å². The van der Waals surface area contributed by atoms with E-state index in [1.54, 1.807) is 0 Å². The molecule has 0 N–H and O–H groups in total. The van der Waals surface area contributed by atoms with Gasteiger partial charge in [-0.2, -0.15) is 0 Å². The summed E-state index contributed by atoms with van der Waals surface area (Å²) in [5.74, 6) is -0.136. The topological polar surface area (TPSA) is 38.8 Å². The molecule has 0 radical (unpaired) electrons. The third-order valence-corrected chi connectivity index (χ3v) is 2.11. The zero-order valence-electron chi connectivity index (χ0n) is 9.50. The van der Waals surface area contributed by atoms with Crippen LogP contribution < -0.4 is 0 Å². The van der Waals surface area contributed by atoms with Gasteiger partial charge in [-0.3, -0.25) is 9.21 Å². The number of rotatable bonds is 9. The molecule has 0 rings (SSSR count). The maximum atomic E-state index is 10.7. The van der Waals surface area contributed by atoms with Gasteiger partial charge in [-0.25, -0.2) is 0 Å². The fraction of sp³-hybridized carbons (Fsp3) is 0.900. The number of amides is 1. The molecule has 0 bridgehead atoms. The van der Waals surface area contributed by atoms with Gasteiger partial charge < -0.3 is 9.47 Å². The molecule has 0 aromatic heterocycles. The number of hydrogen-bond donors (Lipinski definition) is 0. The molecule has 0 atom stereocenters. The zero-order chi connectivity index (χ0) is 11.5. The second-order valence-electron chi connectivity index (χ2n) is 3.18. The minimum atomic E-state index is -0.136. The smallest absolute Gasteiger partial charge is 0.233 e. The van der Waals surface area contributed by atoms with Crippen LogP contribution >= 0.6 is 11.8 Å². The van der Waals surface area contributed by atoms with Gasteiger partial charge in [0.05, 0.1) is 13.2 Å². The minimum Gasteiger partial charge on any atom is -0.379 e. The van der Waals surface area contributed by atoms with Gasteiger partial charge in [-0.15, -0.1) is 0 Å². The molecule has 5 heteroatoms. The van der Waals surface area contributed by atoms with E-state index in [2.05, 4.69) is 6.92 Å². The molecule has 0 aliphatic rings. The van der Waals surface area contributed by atoms with Crippen LogP contribution in [0.15, 0.2) is 0 Å². The van der Waals surface area contributed by atoms with E-state index < -0.39 is 0 Å². The zero-order valence-corrected chi connectivity index (χ0v) is 10.3. The summed E-state index contributed by atoms with van der Waals surface area (Å²) in [5, 5.41) is 0. The average Bonchev–Trinajstić information content (AvgIpc) is 2.21. The number of carbonyl (C=O) groups excluding carboxylic acids is 1. The first-order chi connectivity index (χ1) is 7.18. The van der Waals surface area contributed by atoms with Crippen molar-refractivity contribution < 1.29 is 14.3 Å². The Bertz CT molecular complexity index is 167. The second kappa shape index (κ2) is 10.2. The Morgan fingerprint density at radius 3 is 2.33 bits per heavy atom. The lowest BCUT2D eigenvalue weighted by Crippen LogP contribution is -2.20. The lowest BCUT2D eigenvalue weighted by Gasteiger charge is -2.10. The summed E-state index contributed by atoms with van der Waals surface area (Å²) in [6.07, 6.45) is 1.77. The van der Waals surface area contributed by atoms with Gasteiger partial charge >= 0.3 is 0 Å². The van der Waals surface area contributed by atoms with Gasteiger partial charge in [0.1, 0.15) is 0 Å². The Balaban J connectivity index is 3.08. The Morgan fingerprint density at radius 1 is 1.20 bits per heavy atom. The van der Waals surface area contributed by atoms with Crippen LogP contribution in [0.25, 0.3) is 0 Å². The monoisotopic (exact) mass is 237 g/mol. The molecule has 0 spiro atoms. The van der Waals surface area contributed by atoms with Gasteiger partial charge in [-0.1, -0.05) is 6.92 Å². The Morgan fingerprint density at radius 2 is 1.80 bits per heavy atom. The molecule has 4 nitrogen and oxygen atoms in total. The normalized spacial score (nSPS) is 10.3. The van der Waals surface area contributed by atoms with Crippen molar-refractivity contribution in [2.75, 3.05) is 33.0 Å². The van der Waals surface area contributed by atoms with Gasteiger partial charge in [-0.05, 0) is 12.8 Å². The van der Waals surface area contributed by atoms with Crippen molar-refractivity contribution in [3.05, 3.63) is 0 Å². The van der Waals surface area contributed by atoms with Crippen LogP contribution in [0.2, 0.25) is 0 Å². The van der Waals surface area contributed by atoms with Crippen LogP contribution in [-0.4, -0.2) is 43.3 Å². The molecule has 0 aliphatic heterocycles. The molecule has 15 heavy (non-hydrogen) atoms. The number of carbonyl (C=O) groups is 1. The largest absolute Gasteiger partial charge is 0.379 e. The summed E-state index contributed by atoms with van der Waals surface area (Å²) < 4.78 is 11.7. The van der Waals surface area contributed by atoms with E-state index in [0.29, 0.717) is 26.4 Å². The summed E-state index contributed by atoms with van der Waals surface area (Å²) in [6, 6.07) is 0. The maximum Gasteiger partial charge on any atom is 0.233 e. The number of nitrogens with zero attached hydrogens (tertiary/aromatic N) is 1. The number of hydrogen-bond acceptors (Lipinski definition) is 3. The first kappa shape index (κ1) is 14.7. The first-order valence-electron chi connectivity index (χ1n) is 5.27. The molecule has 0 aromatic rings. The first-order valence-corrected chi connectivity index (χ1v) is 5.61. The van der Waals surface area contributed by atoms with Crippen molar-refractivity contribution in [1.29, 1.82) is 0 Å². The third-order valence-electron chi connectivity index (χ3n) is 1.71. The molecule has 0 fully saturated rings. The lowest BCUT2D eigenvalue weighted by atomic mass is 10.4. The number of ether oxygens (including phenoxy) is 2. The van der Waals surface area contributed by atoms with E-state index in [1.165, 1.54) is 6.92 Å². The summed E-state index contributed by atoms with van der Waals surface area (Å²) >= 11 is 5.60. The Hall–Kier alpha value is -0.320. The predicted molar refractivity (Wildman–Crippen MR) is 59.8 cm³/mol. The maximum absolute atomic E-state index is 10.7. The molecule has 0 unspecified atom stereocenters. The van der Waals surface area contributed by atoms with E-state index in [9.17, 15) is 4.79 Å². The lowest BCUT2D eigenvalue weighted by molar-refractivity contribution is -0.124. The van der Waals surface area contributed by atoms with Crippen LogP contribution in [0.5, 0.6) is 0 Å². The fourth-order valence-corrected chi connectivity index (χ4v) is 1.05. The quantitative estimate of drug-likeness (QED) is 0.454.